The van der Waals surface area contributed by atoms with E-state index in [1.54, 1.807) is 29.9 Å². The molecule has 106 valence electrons. The van der Waals surface area contributed by atoms with Crippen LogP contribution in [0.3, 0.4) is 0 Å². The van der Waals surface area contributed by atoms with E-state index in [0.29, 0.717) is 20.8 Å². The molecule has 6 heteroatoms. The van der Waals surface area contributed by atoms with Crippen LogP contribution in [-0.4, -0.2) is 15.6 Å². The van der Waals surface area contributed by atoms with E-state index < -0.39 is 0 Å². The number of aryl methyl sites for hydroxylation is 2. The molecular weight excluding hydrogens is 319 g/mol. The summed E-state index contributed by atoms with van der Waals surface area (Å²) in [7, 11) is 1.74. The molecule has 0 fully saturated rings. The zero-order valence-electron chi connectivity index (χ0n) is 11.1. The van der Waals surface area contributed by atoms with Crippen molar-refractivity contribution in [1.82, 2.24) is 9.78 Å². The van der Waals surface area contributed by atoms with Crippen molar-refractivity contribution in [2.45, 2.75) is 19.8 Å². The first-order valence-corrected chi connectivity index (χ1v) is 7.16. The molecule has 0 aliphatic rings. The molecule has 1 heterocycles. The fraction of sp³-hybridized carbons (Fsp3) is 0.286. The summed E-state index contributed by atoms with van der Waals surface area (Å²) in [6, 6.07) is 5.19. The van der Waals surface area contributed by atoms with Gasteiger partial charge >= 0.3 is 0 Å². The summed E-state index contributed by atoms with van der Waals surface area (Å²) in [5.41, 5.74) is 2.16. The highest BCUT2D eigenvalue weighted by Crippen LogP contribution is 2.26. The standard InChI is InChI=1S/C14H13Cl3N2O/c1-8-10(14(17)19(2)18-8)6-9(20)7-11-12(15)4-3-5-13(11)16/h3-5H,6-7H2,1-2H3. The number of aromatic nitrogens is 2. The third kappa shape index (κ3) is 3.17. The van der Waals surface area contributed by atoms with Crippen molar-refractivity contribution >= 4 is 40.6 Å². The molecule has 20 heavy (non-hydrogen) atoms. The van der Waals surface area contributed by atoms with Gasteiger partial charge in [0.2, 0.25) is 0 Å². The largest absolute Gasteiger partial charge is 0.299 e. The van der Waals surface area contributed by atoms with Gasteiger partial charge in [0.25, 0.3) is 0 Å². The minimum atomic E-state index is -0.00185. The molecular formula is C14H13Cl3N2O. The SMILES string of the molecule is Cc1nn(C)c(Cl)c1CC(=O)Cc1c(Cl)cccc1Cl. The number of rotatable bonds is 4. The van der Waals surface area contributed by atoms with Gasteiger partial charge < -0.3 is 0 Å². The molecule has 0 N–H and O–H groups in total. The summed E-state index contributed by atoms with van der Waals surface area (Å²) in [5, 5.41) is 5.67. The zero-order valence-corrected chi connectivity index (χ0v) is 13.4. The van der Waals surface area contributed by atoms with Crippen LogP contribution in [0.2, 0.25) is 15.2 Å². The van der Waals surface area contributed by atoms with Gasteiger partial charge in [0.1, 0.15) is 10.9 Å². The van der Waals surface area contributed by atoms with E-state index in [9.17, 15) is 4.79 Å². The molecule has 0 amide bonds. The molecule has 0 saturated carbocycles. The molecule has 0 bridgehead atoms. The lowest BCUT2D eigenvalue weighted by Crippen LogP contribution is -2.08. The summed E-state index contributed by atoms with van der Waals surface area (Å²) >= 11 is 18.2. The summed E-state index contributed by atoms with van der Waals surface area (Å²) in [6.07, 6.45) is 0.406. The lowest BCUT2D eigenvalue weighted by Gasteiger charge is -2.06. The van der Waals surface area contributed by atoms with Crippen molar-refractivity contribution in [2.75, 3.05) is 0 Å². The van der Waals surface area contributed by atoms with E-state index in [4.69, 9.17) is 34.8 Å². The number of carbonyl (C=O) groups is 1. The van der Waals surface area contributed by atoms with Crippen LogP contribution in [0.25, 0.3) is 0 Å². The molecule has 0 unspecified atom stereocenters. The Morgan fingerprint density at radius 3 is 2.20 bits per heavy atom. The maximum Gasteiger partial charge on any atom is 0.141 e. The number of hydrogen-bond acceptors (Lipinski definition) is 2. The third-order valence-electron chi connectivity index (χ3n) is 3.08. The number of benzene rings is 1. The predicted octanol–water partition coefficient (Wildman–Crippen LogP) is 4.04. The topological polar surface area (TPSA) is 34.9 Å². The van der Waals surface area contributed by atoms with Crippen LogP contribution in [0.4, 0.5) is 0 Å². The molecule has 1 aromatic heterocycles. The lowest BCUT2D eigenvalue weighted by atomic mass is 10.0. The van der Waals surface area contributed by atoms with Crippen molar-refractivity contribution in [3.63, 3.8) is 0 Å². The van der Waals surface area contributed by atoms with Gasteiger partial charge in [-0.25, -0.2) is 0 Å². The summed E-state index contributed by atoms with van der Waals surface area (Å²) in [5.74, 6) is -0.00185. The molecule has 2 rings (SSSR count). The van der Waals surface area contributed by atoms with Gasteiger partial charge in [0.15, 0.2) is 0 Å². The van der Waals surface area contributed by atoms with Crippen LogP contribution in [0.5, 0.6) is 0 Å². The molecule has 2 aromatic rings. The predicted molar refractivity (Wildman–Crippen MR) is 81.8 cm³/mol. The smallest absolute Gasteiger partial charge is 0.141 e. The Kier molecular flexibility index (Phi) is 4.74. The number of ketones is 1. The highest BCUT2D eigenvalue weighted by molar-refractivity contribution is 6.36. The van der Waals surface area contributed by atoms with Crippen LogP contribution in [0.1, 0.15) is 16.8 Å². The van der Waals surface area contributed by atoms with Crippen LogP contribution in [0, 0.1) is 6.92 Å². The highest BCUT2D eigenvalue weighted by Gasteiger charge is 2.17. The maximum atomic E-state index is 12.2. The summed E-state index contributed by atoms with van der Waals surface area (Å²) in [6.45, 7) is 1.83. The number of carbonyl (C=O) groups excluding carboxylic acids is 1. The Morgan fingerprint density at radius 2 is 1.70 bits per heavy atom. The van der Waals surface area contributed by atoms with Gasteiger partial charge in [0.05, 0.1) is 5.69 Å². The first-order valence-electron chi connectivity index (χ1n) is 6.02. The minimum Gasteiger partial charge on any atom is -0.299 e. The lowest BCUT2D eigenvalue weighted by molar-refractivity contribution is -0.117. The molecule has 3 nitrogen and oxygen atoms in total. The fourth-order valence-electron chi connectivity index (χ4n) is 2.03. The summed E-state index contributed by atoms with van der Waals surface area (Å²) in [4.78, 5) is 12.2. The van der Waals surface area contributed by atoms with Crippen molar-refractivity contribution in [3.8, 4) is 0 Å². The fourth-order valence-corrected chi connectivity index (χ4v) is 2.81. The molecule has 0 radical (unpaired) electrons. The van der Waals surface area contributed by atoms with Gasteiger partial charge in [-0.15, -0.1) is 0 Å². The van der Waals surface area contributed by atoms with Crippen molar-refractivity contribution < 1.29 is 4.79 Å². The third-order valence-corrected chi connectivity index (χ3v) is 4.26. The minimum absolute atomic E-state index is 0.00185. The Hall–Kier alpha value is -1.03. The summed E-state index contributed by atoms with van der Waals surface area (Å²) < 4.78 is 1.56. The van der Waals surface area contributed by atoms with Gasteiger partial charge in [-0.05, 0) is 24.6 Å². The number of halogens is 3. The van der Waals surface area contributed by atoms with Crippen molar-refractivity contribution in [2.24, 2.45) is 7.05 Å². The Bertz CT molecular complexity index is 644. The van der Waals surface area contributed by atoms with E-state index in [1.807, 2.05) is 6.92 Å². The second-order valence-electron chi connectivity index (χ2n) is 4.57. The Labute approximate surface area is 132 Å². The maximum absolute atomic E-state index is 12.2. The van der Waals surface area contributed by atoms with Gasteiger partial charge in [-0.1, -0.05) is 40.9 Å². The van der Waals surface area contributed by atoms with Gasteiger partial charge in [0, 0.05) is 35.5 Å². The first kappa shape index (κ1) is 15.4. The second kappa shape index (κ2) is 6.17. The van der Waals surface area contributed by atoms with Gasteiger partial charge in [-0.3, -0.25) is 9.48 Å². The second-order valence-corrected chi connectivity index (χ2v) is 5.74. The molecule has 0 saturated heterocycles. The zero-order chi connectivity index (χ0) is 14.9. The van der Waals surface area contributed by atoms with Crippen molar-refractivity contribution in [3.05, 3.63) is 50.2 Å². The quantitative estimate of drug-likeness (QED) is 0.847. The normalized spacial score (nSPS) is 10.8. The van der Waals surface area contributed by atoms with E-state index in [1.165, 1.54) is 0 Å². The monoisotopic (exact) mass is 330 g/mol. The molecule has 0 atom stereocenters. The average Bonchev–Trinajstić information content (AvgIpc) is 2.61. The number of nitrogens with zero attached hydrogens (tertiary/aromatic N) is 2. The number of hydrogen-bond donors (Lipinski definition) is 0. The van der Waals surface area contributed by atoms with Crippen LogP contribution < -0.4 is 0 Å². The molecule has 0 aliphatic heterocycles. The van der Waals surface area contributed by atoms with E-state index in [0.717, 1.165) is 11.3 Å². The molecule has 1 aromatic carbocycles. The Balaban J connectivity index is 2.18. The van der Waals surface area contributed by atoms with Crippen LogP contribution in [-0.2, 0) is 24.7 Å². The highest BCUT2D eigenvalue weighted by atomic mass is 35.5. The number of Topliss-reactive ketones (excluding diaryl/α,β-unsaturated/α-hetero) is 1. The van der Waals surface area contributed by atoms with Crippen LogP contribution in [0.15, 0.2) is 18.2 Å². The van der Waals surface area contributed by atoms with Crippen LogP contribution >= 0.6 is 34.8 Å². The molecule has 0 aliphatic carbocycles. The Morgan fingerprint density at radius 1 is 1.15 bits per heavy atom. The van der Waals surface area contributed by atoms with E-state index in [2.05, 4.69) is 5.10 Å². The van der Waals surface area contributed by atoms with E-state index in [-0.39, 0.29) is 18.6 Å². The molecule has 0 spiro atoms. The average molecular weight is 332 g/mol. The first-order chi connectivity index (χ1) is 9.40. The van der Waals surface area contributed by atoms with E-state index >= 15 is 0 Å². The van der Waals surface area contributed by atoms with Crippen molar-refractivity contribution in [1.29, 1.82) is 0 Å². The van der Waals surface area contributed by atoms with Gasteiger partial charge in [-0.2, -0.15) is 5.10 Å².